The summed E-state index contributed by atoms with van der Waals surface area (Å²) < 4.78 is 0. The molecule has 1 aromatic rings. The number of thiophene rings is 1. The fourth-order valence-electron chi connectivity index (χ4n) is 3.01. The first-order chi connectivity index (χ1) is 7.79. The van der Waals surface area contributed by atoms with Crippen LogP contribution >= 0.6 is 11.3 Å². The molecule has 0 saturated heterocycles. The molecule has 1 aromatic heterocycles. The molecule has 2 rings (SSSR count). The molecule has 2 N–H and O–H groups in total. The fraction of sp³-hybridized carbons (Fsp3) is 0.714. The van der Waals surface area contributed by atoms with Crippen molar-refractivity contribution in [2.75, 3.05) is 6.54 Å². The van der Waals surface area contributed by atoms with E-state index in [1.807, 2.05) is 11.3 Å². The first kappa shape index (κ1) is 12.1. The largest absolute Gasteiger partial charge is 0.330 e. The van der Waals surface area contributed by atoms with Crippen molar-refractivity contribution in [3.63, 3.8) is 0 Å². The van der Waals surface area contributed by atoms with E-state index in [9.17, 15) is 0 Å². The lowest BCUT2D eigenvalue weighted by Gasteiger charge is -2.34. The molecule has 2 heteroatoms. The van der Waals surface area contributed by atoms with Crippen molar-refractivity contribution < 1.29 is 0 Å². The second kappa shape index (κ2) is 5.83. The van der Waals surface area contributed by atoms with Crippen molar-refractivity contribution in [1.29, 1.82) is 0 Å². The predicted octanol–water partition coefficient (Wildman–Crippen LogP) is 3.69. The van der Waals surface area contributed by atoms with Gasteiger partial charge in [-0.05, 0) is 72.4 Å². The van der Waals surface area contributed by atoms with Crippen LogP contribution in [-0.2, 0) is 6.42 Å². The third-order valence-corrected chi connectivity index (χ3v) is 4.82. The minimum atomic E-state index is 0.787. The molecule has 0 bridgehead atoms. The van der Waals surface area contributed by atoms with Gasteiger partial charge < -0.3 is 5.73 Å². The summed E-state index contributed by atoms with van der Waals surface area (Å²) in [5.41, 5.74) is 7.40. The van der Waals surface area contributed by atoms with Gasteiger partial charge >= 0.3 is 0 Å². The summed E-state index contributed by atoms with van der Waals surface area (Å²) in [6, 6.07) is 2.26. The molecule has 1 aliphatic carbocycles. The summed E-state index contributed by atoms with van der Waals surface area (Å²) in [5, 5.41) is 4.46. The van der Waals surface area contributed by atoms with Crippen LogP contribution in [-0.4, -0.2) is 6.54 Å². The minimum Gasteiger partial charge on any atom is -0.330 e. The Morgan fingerprint density at radius 3 is 2.94 bits per heavy atom. The maximum Gasteiger partial charge on any atom is -0.00462 e. The van der Waals surface area contributed by atoms with Crippen molar-refractivity contribution in [3.05, 3.63) is 22.4 Å². The van der Waals surface area contributed by atoms with Crippen LogP contribution in [0.15, 0.2) is 16.8 Å². The highest BCUT2D eigenvalue weighted by Gasteiger charge is 2.27. The highest BCUT2D eigenvalue weighted by Crippen LogP contribution is 2.35. The van der Waals surface area contributed by atoms with Gasteiger partial charge in [0.25, 0.3) is 0 Å². The zero-order valence-electron chi connectivity index (χ0n) is 10.2. The van der Waals surface area contributed by atoms with E-state index in [0.29, 0.717) is 0 Å². The third kappa shape index (κ3) is 3.08. The highest BCUT2D eigenvalue weighted by atomic mass is 32.1. The molecule has 1 heterocycles. The fourth-order valence-corrected chi connectivity index (χ4v) is 3.72. The average molecular weight is 237 g/mol. The molecule has 0 spiro atoms. The predicted molar refractivity (Wildman–Crippen MR) is 71.7 cm³/mol. The lowest BCUT2D eigenvalue weighted by atomic mass is 9.72. The standard InChI is InChI=1S/C14H23NS/c1-11-2-4-14(9-15)13(8-11)5-3-12-6-7-16-10-12/h6-7,10-11,13-14H,2-5,8-9,15H2,1H3. The minimum absolute atomic E-state index is 0.787. The third-order valence-electron chi connectivity index (χ3n) is 4.09. The lowest BCUT2D eigenvalue weighted by Crippen LogP contribution is -2.30. The van der Waals surface area contributed by atoms with E-state index in [2.05, 4.69) is 23.8 Å². The highest BCUT2D eigenvalue weighted by molar-refractivity contribution is 7.07. The maximum absolute atomic E-state index is 5.89. The number of rotatable bonds is 4. The van der Waals surface area contributed by atoms with Crippen molar-refractivity contribution in [2.45, 2.75) is 39.0 Å². The van der Waals surface area contributed by atoms with Crippen LogP contribution in [0.2, 0.25) is 0 Å². The Hall–Kier alpha value is -0.340. The van der Waals surface area contributed by atoms with Gasteiger partial charge in [0.2, 0.25) is 0 Å². The molecule has 90 valence electrons. The Balaban J connectivity index is 1.85. The second-order valence-electron chi connectivity index (χ2n) is 5.34. The topological polar surface area (TPSA) is 26.0 Å². The Kier molecular flexibility index (Phi) is 4.42. The van der Waals surface area contributed by atoms with Gasteiger partial charge in [-0.15, -0.1) is 0 Å². The Bertz CT molecular complexity index is 294. The van der Waals surface area contributed by atoms with E-state index >= 15 is 0 Å². The SMILES string of the molecule is CC1CCC(CN)C(CCc2ccsc2)C1. The van der Waals surface area contributed by atoms with Gasteiger partial charge in [0, 0.05) is 0 Å². The number of nitrogens with two attached hydrogens (primary N) is 1. The second-order valence-corrected chi connectivity index (χ2v) is 6.12. The molecule has 3 atom stereocenters. The molecule has 1 aliphatic rings. The molecular weight excluding hydrogens is 214 g/mol. The van der Waals surface area contributed by atoms with E-state index in [4.69, 9.17) is 5.73 Å². The maximum atomic E-state index is 5.89. The van der Waals surface area contributed by atoms with E-state index in [-0.39, 0.29) is 0 Å². The van der Waals surface area contributed by atoms with Gasteiger partial charge in [0.05, 0.1) is 0 Å². The molecule has 0 aliphatic heterocycles. The number of aryl methyl sites for hydroxylation is 1. The summed E-state index contributed by atoms with van der Waals surface area (Å²) in [7, 11) is 0. The van der Waals surface area contributed by atoms with Crippen LogP contribution in [0, 0.1) is 17.8 Å². The molecule has 0 amide bonds. The Labute approximate surface area is 103 Å². The Morgan fingerprint density at radius 2 is 2.25 bits per heavy atom. The molecule has 3 unspecified atom stereocenters. The van der Waals surface area contributed by atoms with Gasteiger partial charge in [-0.25, -0.2) is 0 Å². The van der Waals surface area contributed by atoms with Gasteiger partial charge in [-0.3, -0.25) is 0 Å². The van der Waals surface area contributed by atoms with Gasteiger partial charge in [-0.1, -0.05) is 13.3 Å². The molecule has 1 saturated carbocycles. The summed E-state index contributed by atoms with van der Waals surface area (Å²) >= 11 is 1.81. The number of hydrogen-bond donors (Lipinski definition) is 1. The van der Waals surface area contributed by atoms with Crippen molar-refractivity contribution >= 4 is 11.3 Å². The summed E-state index contributed by atoms with van der Waals surface area (Å²) in [5.74, 6) is 2.57. The Morgan fingerprint density at radius 1 is 1.38 bits per heavy atom. The molecule has 0 aromatic carbocycles. The zero-order chi connectivity index (χ0) is 11.4. The van der Waals surface area contributed by atoms with E-state index in [1.54, 1.807) is 0 Å². The smallest absolute Gasteiger partial charge is 0.00462 e. The van der Waals surface area contributed by atoms with E-state index in [0.717, 1.165) is 24.3 Å². The molecule has 16 heavy (non-hydrogen) atoms. The lowest BCUT2D eigenvalue weighted by molar-refractivity contribution is 0.184. The summed E-state index contributed by atoms with van der Waals surface area (Å²) in [6.45, 7) is 3.28. The van der Waals surface area contributed by atoms with Crippen molar-refractivity contribution in [2.24, 2.45) is 23.5 Å². The monoisotopic (exact) mass is 237 g/mol. The van der Waals surface area contributed by atoms with Crippen LogP contribution in [0.25, 0.3) is 0 Å². The van der Waals surface area contributed by atoms with E-state index in [1.165, 1.54) is 37.7 Å². The summed E-state index contributed by atoms with van der Waals surface area (Å²) in [6.07, 6.45) is 6.72. The quantitative estimate of drug-likeness (QED) is 0.849. The number of hydrogen-bond acceptors (Lipinski definition) is 2. The molecule has 0 radical (unpaired) electrons. The average Bonchev–Trinajstić information content (AvgIpc) is 2.79. The molecular formula is C14H23NS. The van der Waals surface area contributed by atoms with Crippen LogP contribution in [0.1, 0.15) is 38.2 Å². The van der Waals surface area contributed by atoms with E-state index < -0.39 is 0 Å². The summed E-state index contributed by atoms with van der Waals surface area (Å²) in [4.78, 5) is 0. The molecule has 1 nitrogen and oxygen atoms in total. The van der Waals surface area contributed by atoms with Crippen molar-refractivity contribution in [3.8, 4) is 0 Å². The van der Waals surface area contributed by atoms with Crippen LogP contribution in [0.5, 0.6) is 0 Å². The molecule has 1 fully saturated rings. The van der Waals surface area contributed by atoms with Crippen LogP contribution in [0.3, 0.4) is 0 Å². The zero-order valence-corrected chi connectivity index (χ0v) is 11.0. The van der Waals surface area contributed by atoms with Gasteiger partial charge in [0.15, 0.2) is 0 Å². The normalized spacial score (nSPS) is 30.5. The van der Waals surface area contributed by atoms with Crippen LogP contribution < -0.4 is 5.73 Å². The van der Waals surface area contributed by atoms with Gasteiger partial charge in [-0.2, -0.15) is 11.3 Å². The van der Waals surface area contributed by atoms with Crippen LogP contribution in [0.4, 0.5) is 0 Å². The van der Waals surface area contributed by atoms with Gasteiger partial charge in [0.1, 0.15) is 0 Å². The van der Waals surface area contributed by atoms with Crippen molar-refractivity contribution in [1.82, 2.24) is 0 Å². The first-order valence-corrected chi connectivity index (χ1v) is 7.45. The first-order valence-electron chi connectivity index (χ1n) is 6.50.